The Morgan fingerprint density at radius 3 is 2.87 bits per heavy atom. The van der Waals surface area contributed by atoms with Crippen LogP contribution in [-0.4, -0.2) is 32.3 Å². The average molecular weight is 364 g/mol. The van der Waals surface area contributed by atoms with E-state index in [9.17, 15) is 12.8 Å². The fourth-order valence-corrected chi connectivity index (χ4v) is 3.30. The number of halogens is 2. The van der Waals surface area contributed by atoms with Crippen molar-refractivity contribution in [2.24, 2.45) is 0 Å². The zero-order valence-electron chi connectivity index (χ0n) is 12.5. The number of nitrogens with zero attached hydrogens (tertiary/aromatic N) is 2. The van der Waals surface area contributed by atoms with Crippen LogP contribution in [0.1, 0.15) is 17.3 Å². The lowest BCUT2D eigenvalue weighted by Gasteiger charge is -2.08. The monoisotopic (exact) mass is 363 g/mol. The fourth-order valence-electron chi connectivity index (χ4n) is 1.73. The van der Waals surface area contributed by atoms with Crippen molar-refractivity contribution in [2.45, 2.75) is 24.8 Å². The molecule has 0 saturated heterocycles. The number of benzene rings is 1. The lowest BCUT2D eigenvalue weighted by atomic mass is 10.2. The Bertz CT molecular complexity index is 795. The number of methoxy groups -OCH3 is 1. The Kier molecular flexibility index (Phi) is 5.69. The van der Waals surface area contributed by atoms with Gasteiger partial charge < -0.3 is 9.26 Å². The number of hydrogen-bond donors (Lipinski definition) is 1. The molecule has 126 valence electrons. The second kappa shape index (κ2) is 7.35. The zero-order chi connectivity index (χ0) is 17.0. The van der Waals surface area contributed by atoms with Crippen LogP contribution >= 0.6 is 11.6 Å². The first-order chi connectivity index (χ1) is 10.8. The molecule has 10 heteroatoms. The standard InChI is InChI=1S/C13H15ClFN3O4S/c1-8-5-11(9(14)6-10(8)15)23(19,20)16-7-13-17-12(18-22-13)3-4-21-2/h5-6,16H,3-4,7H2,1-2H3. The van der Waals surface area contributed by atoms with E-state index in [0.717, 1.165) is 12.1 Å². The van der Waals surface area contributed by atoms with Gasteiger partial charge in [0.1, 0.15) is 10.7 Å². The molecule has 1 N–H and O–H groups in total. The number of sulfonamides is 1. The van der Waals surface area contributed by atoms with Crippen LogP contribution in [0.25, 0.3) is 0 Å². The fraction of sp³-hybridized carbons (Fsp3) is 0.385. The molecular formula is C13H15ClFN3O4S. The molecule has 0 aliphatic heterocycles. The number of ether oxygens (including phenoxy) is 1. The van der Waals surface area contributed by atoms with Gasteiger partial charge in [-0.1, -0.05) is 16.8 Å². The first kappa shape index (κ1) is 17.8. The Labute approximate surface area is 137 Å². The molecule has 0 atom stereocenters. The van der Waals surface area contributed by atoms with Crippen molar-refractivity contribution in [3.05, 3.63) is 40.3 Å². The zero-order valence-corrected chi connectivity index (χ0v) is 14.0. The minimum Gasteiger partial charge on any atom is -0.384 e. The maximum atomic E-state index is 13.4. The molecule has 0 amide bonds. The summed E-state index contributed by atoms with van der Waals surface area (Å²) in [6, 6.07) is 2.12. The maximum absolute atomic E-state index is 13.4. The molecule has 0 unspecified atom stereocenters. The van der Waals surface area contributed by atoms with Gasteiger partial charge in [-0.15, -0.1) is 0 Å². The number of rotatable bonds is 7. The Balaban J connectivity index is 2.10. The van der Waals surface area contributed by atoms with Gasteiger partial charge in [0.15, 0.2) is 5.82 Å². The van der Waals surface area contributed by atoms with E-state index >= 15 is 0 Å². The highest BCUT2D eigenvalue weighted by molar-refractivity contribution is 7.89. The van der Waals surface area contributed by atoms with Crippen LogP contribution in [0.15, 0.2) is 21.6 Å². The van der Waals surface area contributed by atoms with E-state index < -0.39 is 15.8 Å². The van der Waals surface area contributed by atoms with Crippen LogP contribution in [0.3, 0.4) is 0 Å². The highest BCUT2D eigenvalue weighted by Gasteiger charge is 2.20. The van der Waals surface area contributed by atoms with E-state index in [2.05, 4.69) is 14.9 Å². The highest BCUT2D eigenvalue weighted by Crippen LogP contribution is 2.24. The molecule has 0 radical (unpaired) electrons. The van der Waals surface area contributed by atoms with Crippen molar-refractivity contribution >= 4 is 21.6 Å². The van der Waals surface area contributed by atoms with E-state index in [1.165, 1.54) is 6.92 Å². The molecule has 0 aliphatic rings. The van der Waals surface area contributed by atoms with Crippen molar-refractivity contribution < 1.29 is 22.1 Å². The van der Waals surface area contributed by atoms with Crippen LogP contribution in [-0.2, 0) is 27.7 Å². The molecule has 0 aliphatic carbocycles. The Morgan fingerprint density at radius 1 is 1.43 bits per heavy atom. The van der Waals surface area contributed by atoms with Crippen molar-refractivity contribution in [3.8, 4) is 0 Å². The summed E-state index contributed by atoms with van der Waals surface area (Å²) >= 11 is 5.80. The summed E-state index contributed by atoms with van der Waals surface area (Å²) in [7, 11) is -2.39. The molecule has 7 nitrogen and oxygen atoms in total. The topological polar surface area (TPSA) is 94.3 Å². The van der Waals surface area contributed by atoms with Gasteiger partial charge >= 0.3 is 0 Å². The normalized spacial score (nSPS) is 11.8. The van der Waals surface area contributed by atoms with Crippen molar-refractivity contribution in [1.82, 2.24) is 14.9 Å². The SMILES string of the molecule is COCCc1noc(CNS(=O)(=O)c2cc(C)c(F)cc2Cl)n1. The molecule has 2 aromatic rings. The van der Waals surface area contributed by atoms with E-state index in [0.29, 0.717) is 18.9 Å². The third kappa shape index (κ3) is 4.47. The summed E-state index contributed by atoms with van der Waals surface area (Å²) in [6.07, 6.45) is 0.454. The minimum absolute atomic E-state index is 0.106. The molecule has 0 saturated carbocycles. The highest BCUT2D eigenvalue weighted by atomic mass is 35.5. The second-order valence-electron chi connectivity index (χ2n) is 4.70. The summed E-state index contributed by atoms with van der Waals surface area (Å²) in [5.74, 6) is -0.0556. The smallest absolute Gasteiger partial charge is 0.242 e. The summed E-state index contributed by atoms with van der Waals surface area (Å²) in [5.41, 5.74) is 0.175. The quantitative estimate of drug-likeness (QED) is 0.806. The van der Waals surface area contributed by atoms with Crippen LogP contribution < -0.4 is 4.72 Å². The lowest BCUT2D eigenvalue weighted by molar-refractivity contribution is 0.199. The minimum atomic E-state index is -3.94. The maximum Gasteiger partial charge on any atom is 0.242 e. The average Bonchev–Trinajstić information content (AvgIpc) is 2.94. The third-order valence-electron chi connectivity index (χ3n) is 2.96. The molecule has 23 heavy (non-hydrogen) atoms. The lowest BCUT2D eigenvalue weighted by Crippen LogP contribution is -2.24. The predicted molar refractivity (Wildman–Crippen MR) is 80.1 cm³/mol. The van der Waals surface area contributed by atoms with Crippen molar-refractivity contribution in [2.75, 3.05) is 13.7 Å². The Hall–Kier alpha value is -1.55. The van der Waals surface area contributed by atoms with Gasteiger partial charge in [-0.05, 0) is 24.6 Å². The van der Waals surface area contributed by atoms with Gasteiger partial charge in [-0.2, -0.15) is 4.98 Å². The summed E-state index contributed by atoms with van der Waals surface area (Å²) in [6.45, 7) is 1.68. The van der Waals surface area contributed by atoms with E-state index in [-0.39, 0.29) is 27.9 Å². The molecule has 2 rings (SSSR count). The number of aromatic nitrogens is 2. The van der Waals surface area contributed by atoms with Gasteiger partial charge in [0, 0.05) is 13.5 Å². The van der Waals surface area contributed by atoms with Gasteiger partial charge in [0.2, 0.25) is 15.9 Å². The third-order valence-corrected chi connectivity index (χ3v) is 4.82. The molecule has 1 aromatic heterocycles. The van der Waals surface area contributed by atoms with E-state index in [4.69, 9.17) is 20.9 Å². The number of aryl methyl sites for hydroxylation is 1. The second-order valence-corrected chi connectivity index (χ2v) is 6.85. The summed E-state index contributed by atoms with van der Waals surface area (Å²) in [4.78, 5) is 3.81. The van der Waals surface area contributed by atoms with Crippen LogP contribution in [0, 0.1) is 12.7 Å². The van der Waals surface area contributed by atoms with E-state index in [1.54, 1.807) is 7.11 Å². The first-order valence-corrected chi connectivity index (χ1v) is 8.45. The molecule has 1 aromatic carbocycles. The number of nitrogens with one attached hydrogen (secondary N) is 1. The van der Waals surface area contributed by atoms with Crippen LogP contribution in [0.4, 0.5) is 4.39 Å². The largest absolute Gasteiger partial charge is 0.384 e. The van der Waals surface area contributed by atoms with E-state index in [1.807, 2.05) is 0 Å². The Morgan fingerprint density at radius 2 is 2.17 bits per heavy atom. The molecule has 0 spiro atoms. The summed E-state index contributed by atoms with van der Waals surface area (Å²) in [5, 5.41) is 3.49. The van der Waals surface area contributed by atoms with Crippen molar-refractivity contribution in [3.63, 3.8) is 0 Å². The number of hydrogen-bond acceptors (Lipinski definition) is 6. The van der Waals surface area contributed by atoms with Gasteiger partial charge in [-0.3, -0.25) is 0 Å². The predicted octanol–water partition coefficient (Wildman–Crippen LogP) is 1.84. The molecule has 1 heterocycles. The van der Waals surface area contributed by atoms with Gasteiger partial charge in [0.25, 0.3) is 0 Å². The summed E-state index contributed by atoms with van der Waals surface area (Å²) < 4.78 is 49.9. The molecule has 0 fully saturated rings. The van der Waals surface area contributed by atoms with Crippen LogP contribution in [0.2, 0.25) is 5.02 Å². The van der Waals surface area contributed by atoms with Gasteiger partial charge in [0.05, 0.1) is 18.2 Å². The molecular weight excluding hydrogens is 349 g/mol. The van der Waals surface area contributed by atoms with Crippen molar-refractivity contribution in [1.29, 1.82) is 0 Å². The molecule has 0 bridgehead atoms. The van der Waals surface area contributed by atoms with Crippen LogP contribution in [0.5, 0.6) is 0 Å². The first-order valence-electron chi connectivity index (χ1n) is 6.59. The van der Waals surface area contributed by atoms with Gasteiger partial charge in [-0.25, -0.2) is 17.5 Å².